The number of benzene rings is 1. The van der Waals surface area contributed by atoms with Crippen LogP contribution in [0.1, 0.15) is 25.6 Å². The molecule has 0 spiro atoms. The normalized spacial score (nSPS) is 16.8. The van der Waals surface area contributed by atoms with Crippen molar-refractivity contribution in [3.63, 3.8) is 0 Å². The lowest BCUT2D eigenvalue weighted by molar-refractivity contribution is 0.415. The first-order valence-electron chi connectivity index (χ1n) is 5.59. The third-order valence-electron chi connectivity index (χ3n) is 3.29. The summed E-state index contributed by atoms with van der Waals surface area (Å²) < 4.78 is 31.2. The van der Waals surface area contributed by atoms with Crippen LogP contribution in [-0.2, 0) is 5.41 Å². The van der Waals surface area contributed by atoms with Crippen molar-refractivity contribution in [1.29, 1.82) is 0 Å². The Labute approximate surface area is 102 Å². The van der Waals surface area contributed by atoms with Gasteiger partial charge in [-0.25, -0.2) is 8.78 Å². The molecule has 0 bridgehead atoms. The maximum absolute atomic E-state index is 13.2. The van der Waals surface area contributed by atoms with Crippen molar-refractivity contribution in [2.24, 2.45) is 0 Å². The number of anilines is 1. The molecule has 0 saturated heterocycles. The van der Waals surface area contributed by atoms with Crippen molar-refractivity contribution in [2.45, 2.75) is 25.2 Å². The number of nitrogens with zero attached hydrogens (tertiary/aromatic N) is 2. The molecular weight excluding hydrogens is 240 g/mol. The Bertz CT molecular complexity index is 620. The summed E-state index contributed by atoms with van der Waals surface area (Å²) in [5, 5.41) is 3.86. The third kappa shape index (κ3) is 1.64. The van der Waals surface area contributed by atoms with Gasteiger partial charge >= 0.3 is 0 Å². The van der Waals surface area contributed by atoms with E-state index in [1.807, 2.05) is 6.92 Å². The number of rotatable bonds is 2. The molecule has 1 heterocycles. The van der Waals surface area contributed by atoms with E-state index in [-0.39, 0.29) is 22.6 Å². The highest BCUT2D eigenvalue weighted by Gasteiger charge is 2.43. The monoisotopic (exact) mass is 251 g/mol. The average Bonchev–Trinajstić information content (AvgIpc) is 2.90. The largest absolute Gasteiger partial charge is 0.398 e. The molecule has 1 aliphatic carbocycles. The molecular formula is C12H11F2N3O. The van der Waals surface area contributed by atoms with Crippen LogP contribution >= 0.6 is 0 Å². The maximum atomic E-state index is 13.2. The van der Waals surface area contributed by atoms with E-state index >= 15 is 0 Å². The highest BCUT2D eigenvalue weighted by molar-refractivity contribution is 5.70. The van der Waals surface area contributed by atoms with Gasteiger partial charge in [0.05, 0.1) is 5.56 Å². The smallest absolute Gasteiger partial charge is 0.260 e. The Hall–Kier alpha value is -1.98. The van der Waals surface area contributed by atoms with Crippen LogP contribution in [0, 0.1) is 11.6 Å². The van der Waals surface area contributed by atoms with Crippen LogP contribution in [0.4, 0.5) is 14.5 Å². The summed E-state index contributed by atoms with van der Waals surface area (Å²) in [6.45, 7) is 2.02. The first-order chi connectivity index (χ1) is 8.49. The molecule has 1 saturated carbocycles. The van der Waals surface area contributed by atoms with Crippen LogP contribution in [0.25, 0.3) is 11.5 Å². The molecule has 2 N–H and O–H groups in total. The summed E-state index contributed by atoms with van der Waals surface area (Å²) in [6, 6.07) is 1.88. The quantitative estimate of drug-likeness (QED) is 0.833. The van der Waals surface area contributed by atoms with Crippen molar-refractivity contribution in [1.82, 2.24) is 10.1 Å². The van der Waals surface area contributed by atoms with E-state index in [9.17, 15) is 8.78 Å². The lowest BCUT2D eigenvalue weighted by atomic mass is 10.1. The van der Waals surface area contributed by atoms with E-state index < -0.39 is 11.6 Å². The first kappa shape index (κ1) is 11.1. The molecule has 2 aromatic rings. The fourth-order valence-corrected chi connectivity index (χ4v) is 1.74. The number of halogens is 2. The summed E-state index contributed by atoms with van der Waals surface area (Å²) in [4.78, 5) is 4.20. The van der Waals surface area contributed by atoms with Gasteiger partial charge in [-0.15, -0.1) is 0 Å². The zero-order valence-corrected chi connectivity index (χ0v) is 9.70. The molecule has 6 heteroatoms. The summed E-state index contributed by atoms with van der Waals surface area (Å²) in [5.41, 5.74) is 5.87. The Kier molecular flexibility index (Phi) is 2.17. The Balaban J connectivity index is 2.04. The molecule has 0 atom stereocenters. The van der Waals surface area contributed by atoms with Gasteiger partial charge in [-0.3, -0.25) is 0 Å². The van der Waals surface area contributed by atoms with Gasteiger partial charge < -0.3 is 10.3 Å². The second-order valence-corrected chi connectivity index (χ2v) is 4.84. The third-order valence-corrected chi connectivity index (χ3v) is 3.29. The molecule has 1 aromatic carbocycles. The zero-order valence-electron chi connectivity index (χ0n) is 9.70. The second-order valence-electron chi connectivity index (χ2n) is 4.84. The summed E-state index contributed by atoms with van der Waals surface area (Å²) in [5.74, 6) is -1.28. The van der Waals surface area contributed by atoms with Gasteiger partial charge in [0.2, 0.25) is 0 Å². The minimum atomic E-state index is -0.995. The van der Waals surface area contributed by atoms with Crippen molar-refractivity contribution < 1.29 is 13.3 Å². The van der Waals surface area contributed by atoms with Crippen LogP contribution < -0.4 is 5.73 Å². The minimum Gasteiger partial charge on any atom is -0.398 e. The fraction of sp³-hybridized carbons (Fsp3) is 0.333. The molecule has 1 aromatic heterocycles. The second kappa shape index (κ2) is 3.51. The number of aromatic nitrogens is 2. The first-order valence-corrected chi connectivity index (χ1v) is 5.59. The van der Waals surface area contributed by atoms with Crippen LogP contribution in [0.3, 0.4) is 0 Å². The standard InChI is InChI=1S/C12H11F2N3O/c1-12(2-3-12)11-16-10(18-17-11)6-4-7(13)8(14)5-9(6)15/h4-5H,2-3,15H2,1H3. The molecule has 0 unspecified atom stereocenters. The number of nitrogen functional groups attached to an aromatic ring is 1. The Morgan fingerprint density at radius 1 is 1.28 bits per heavy atom. The van der Waals surface area contributed by atoms with E-state index in [1.54, 1.807) is 0 Å². The topological polar surface area (TPSA) is 64.9 Å². The van der Waals surface area contributed by atoms with Gasteiger partial charge in [-0.1, -0.05) is 12.1 Å². The molecule has 4 nitrogen and oxygen atoms in total. The van der Waals surface area contributed by atoms with Gasteiger partial charge in [0.1, 0.15) is 0 Å². The van der Waals surface area contributed by atoms with E-state index in [4.69, 9.17) is 10.3 Å². The molecule has 94 valence electrons. The van der Waals surface area contributed by atoms with E-state index in [2.05, 4.69) is 10.1 Å². The molecule has 18 heavy (non-hydrogen) atoms. The lowest BCUT2D eigenvalue weighted by Gasteiger charge is -2.01. The zero-order chi connectivity index (χ0) is 12.9. The molecule has 0 aliphatic heterocycles. The van der Waals surface area contributed by atoms with Crippen LogP contribution in [0.2, 0.25) is 0 Å². The predicted molar refractivity (Wildman–Crippen MR) is 60.6 cm³/mol. The summed E-state index contributed by atoms with van der Waals surface area (Å²) in [7, 11) is 0. The predicted octanol–water partition coefficient (Wildman–Crippen LogP) is 2.65. The minimum absolute atomic E-state index is 0.0465. The van der Waals surface area contributed by atoms with Crippen molar-refractivity contribution >= 4 is 5.69 Å². The molecule has 0 amide bonds. The van der Waals surface area contributed by atoms with Crippen LogP contribution in [-0.4, -0.2) is 10.1 Å². The van der Waals surface area contributed by atoms with Crippen molar-refractivity contribution in [3.8, 4) is 11.5 Å². The Morgan fingerprint density at radius 2 is 1.94 bits per heavy atom. The van der Waals surface area contributed by atoms with E-state index in [0.29, 0.717) is 5.82 Å². The van der Waals surface area contributed by atoms with Gasteiger partial charge in [0, 0.05) is 17.2 Å². The van der Waals surface area contributed by atoms with Gasteiger partial charge in [-0.2, -0.15) is 4.98 Å². The van der Waals surface area contributed by atoms with Crippen molar-refractivity contribution in [3.05, 3.63) is 29.6 Å². The Morgan fingerprint density at radius 3 is 2.61 bits per heavy atom. The molecule has 3 rings (SSSR count). The number of hydrogen-bond acceptors (Lipinski definition) is 4. The SMILES string of the molecule is CC1(c2noc(-c3cc(F)c(F)cc3N)n2)CC1. The highest BCUT2D eigenvalue weighted by atomic mass is 19.2. The highest BCUT2D eigenvalue weighted by Crippen LogP contribution is 2.46. The lowest BCUT2D eigenvalue weighted by Crippen LogP contribution is -2.02. The summed E-state index contributed by atoms with van der Waals surface area (Å²) >= 11 is 0. The van der Waals surface area contributed by atoms with Gasteiger partial charge in [0.15, 0.2) is 17.5 Å². The molecule has 1 fully saturated rings. The maximum Gasteiger partial charge on any atom is 0.260 e. The summed E-state index contributed by atoms with van der Waals surface area (Å²) in [6.07, 6.45) is 2.00. The fourth-order valence-electron chi connectivity index (χ4n) is 1.74. The van der Waals surface area contributed by atoms with Gasteiger partial charge in [0.25, 0.3) is 5.89 Å². The molecule has 1 aliphatic rings. The molecule has 0 radical (unpaired) electrons. The van der Waals surface area contributed by atoms with E-state index in [1.165, 1.54) is 0 Å². The van der Waals surface area contributed by atoms with Crippen LogP contribution in [0.5, 0.6) is 0 Å². The number of nitrogens with two attached hydrogens (primary N) is 1. The van der Waals surface area contributed by atoms with Crippen LogP contribution in [0.15, 0.2) is 16.7 Å². The van der Waals surface area contributed by atoms with Gasteiger partial charge in [-0.05, 0) is 18.9 Å². The average molecular weight is 251 g/mol. The van der Waals surface area contributed by atoms with Crippen molar-refractivity contribution in [2.75, 3.05) is 5.73 Å². The van der Waals surface area contributed by atoms with E-state index in [0.717, 1.165) is 25.0 Å². The number of hydrogen-bond donors (Lipinski definition) is 1.